The van der Waals surface area contributed by atoms with E-state index in [2.05, 4.69) is 10.6 Å². The fraction of sp³-hybridized carbons (Fsp3) is 0.111. The predicted molar refractivity (Wildman–Crippen MR) is 130 cm³/mol. The third kappa shape index (κ3) is 4.11. The Balaban J connectivity index is 1.43. The Bertz CT molecular complexity index is 1510. The van der Waals surface area contributed by atoms with Crippen molar-refractivity contribution in [2.45, 2.75) is 13.3 Å². The topological polar surface area (TPSA) is 93.7 Å². The maximum atomic E-state index is 13.0. The minimum atomic E-state index is -0.450. The van der Waals surface area contributed by atoms with E-state index in [1.54, 1.807) is 37.6 Å². The number of rotatable bonds is 6. The van der Waals surface area contributed by atoms with Gasteiger partial charge < -0.3 is 24.2 Å². The normalized spacial score (nSPS) is 11.0. The van der Waals surface area contributed by atoms with Gasteiger partial charge in [-0.1, -0.05) is 29.8 Å². The van der Waals surface area contributed by atoms with Crippen LogP contribution in [0.5, 0.6) is 5.75 Å². The van der Waals surface area contributed by atoms with Gasteiger partial charge in [0.1, 0.15) is 22.6 Å². The van der Waals surface area contributed by atoms with Crippen LogP contribution in [0.3, 0.4) is 0 Å². The molecule has 0 radical (unpaired) electrons. The first-order valence-electron chi connectivity index (χ1n) is 10.8. The predicted octanol–water partition coefficient (Wildman–Crippen LogP) is 5.93. The van der Waals surface area contributed by atoms with Gasteiger partial charge in [0.2, 0.25) is 11.7 Å². The van der Waals surface area contributed by atoms with Gasteiger partial charge in [-0.25, -0.2) is 0 Å². The summed E-state index contributed by atoms with van der Waals surface area (Å²) in [6, 6.07) is 20.0. The summed E-state index contributed by atoms with van der Waals surface area (Å²) in [4.78, 5) is 26.1. The zero-order valence-corrected chi connectivity index (χ0v) is 18.7. The lowest BCUT2D eigenvalue weighted by atomic mass is 10.1. The summed E-state index contributed by atoms with van der Waals surface area (Å²) in [6.07, 6.45) is 1.61. The highest BCUT2D eigenvalue weighted by molar-refractivity contribution is 6.14. The average Bonchev–Trinajstić information content (AvgIpc) is 3.41. The van der Waals surface area contributed by atoms with Crippen molar-refractivity contribution in [2.75, 3.05) is 17.7 Å². The fourth-order valence-electron chi connectivity index (χ4n) is 3.84. The first-order chi connectivity index (χ1) is 16.5. The number of hydrogen-bond acceptors (Lipinski definition) is 5. The van der Waals surface area contributed by atoms with Crippen LogP contribution in [0.1, 0.15) is 21.7 Å². The molecule has 0 aliphatic carbocycles. The molecule has 0 saturated carbocycles. The maximum Gasteiger partial charge on any atom is 0.293 e. The van der Waals surface area contributed by atoms with Crippen molar-refractivity contribution in [3.05, 3.63) is 89.9 Å². The van der Waals surface area contributed by atoms with Crippen LogP contribution in [0.25, 0.3) is 21.9 Å². The molecule has 5 rings (SSSR count). The number of carbonyl (C=O) groups is 2. The fourth-order valence-corrected chi connectivity index (χ4v) is 3.84. The molecule has 0 aliphatic rings. The van der Waals surface area contributed by atoms with Gasteiger partial charge in [0, 0.05) is 22.0 Å². The minimum absolute atomic E-state index is 0.0360. The first kappa shape index (κ1) is 21.3. The summed E-state index contributed by atoms with van der Waals surface area (Å²) in [5.41, 5.74) is 3.92. The molecule has 2 heterocycles. The van der Waals surface area contributed by atoms with Crippen molar-refractivity contribution in [2.24, 2.45) is 0 Å². The summed E-state index contributed by atoms with van der Waals surface area (Å²) in [5, 5.41) is 7.14. The second kappa shape index (κ2) is 8.78. The Kier molecular flexibility index (Phi) is 5.51. The molecule has 0 atom stereocenters. The molecule has 2 amide bonds. The van der Waals surface area contributed by atoms with E-state index in [1.807, 2.05) is 49.4 Å². The van der Waals surface area contributed by atoms with E-state index < -0.39 is 5.91 Å². The Hall–Kier alpha value is -4.52. The van der Waals surface area contributed by atoms with Crippen LogP contribution >= 0.6 is 0 Å². The van der Waals surface area contributed by atoms with Crippen molar-refractivity contribution >= 4 is 45.1 Å². The largest absolute Gasteiger partial charge is 0.497 e. The molecule has 0 bridgehead atoms. The molecule has 2 aromatic heterocycles. The van der Waals surface area contributed by atoms with Crippen molar-refractivity contribution < 1.29 is 23.2 Å². The quantitative estimate of drug-likeness (QED) is 0.332. The lowest BCUT2D eigenvalue weighted by molar-refractivity contribution is -0.115. The van der Waals surface area contributed by atoms with Crippen LogP contribution in [-0.2, 0) is 11.2 Å². The van der Waals surface area contributed by atoms with E-state index in [9.17, 15) is 9.59 Å². The Labute approximate surface area is 195 Å². The van der Waals surface area contributed by atoms with Gasteiger partial charge in [-0.3, -0.25) is 9.59 Å². The summed E-state index contributed by atoms with van der Waals surface area (Å²) in [7, 11) is 1.58. The number of furan rings is 2. The van der Waals surface area contributed by atoms with E-state index in [-0.39, 0.29) is 18.1 Å². The van der Waals surface area contributed by atoms with Crippen LogP contribution in [0.4, 0.5) is 11.4 Å². The highest BCUT2D eigenvalue weighted by Gasteiger charge is 2.23. The van der Waals surface area contributed by atoms with Crippen LogP contribution < -0.4 is 15.4 Å². The number of nitrogens with one attached hydrogen (secondary N) is 2. The molecule has 5 aromatic rings. The van der Waals surface area contributed by atoms with E-state index in [0.717, 1.165) is 10.9 Å². The summed E-state index contributed by atoms with van der Waals surface area (Å²) < 4.78 is 16.7. The molecule has 0 fully saturated rings. The second-order valence-electron chi connectivity index (χ2n) is 7.97. The monoisotopic (exact) mass is 454 g/mol. The number of fused-ring (bicyclic) bond motifs is 2. The molecule has 34 heavy (non-hydrogen) atoms. The molecule has 170 valence electrons. The molecule has 0 unspecified atom stereocenters. The third-order valence-electron chi connectivity index (χ3n) is 5.59. The number of hydrogen-bond donors (Lipinski definition) is 2. The van der Waals surface area contributed by atoms with Crippen LogP contribution in [0, 0.1) is 6.92 Å². The van der Waals surface area contributed by atoms with Gasteiger partial charge in [-0.05, 0) is 49.4 Å². The summed E-state index contributed by atoms with van der Waals surface area (Å²) in [5.74, 6) is -0.0457. The standard InChI is InChI=1S/C27H22N2O5/c1-16-7-9-18(10-8-16)28-27(31)26-25(20-5-3-4-6-23(20)34-26)29-24(30)13-17-15-33-22-12-11-19(32-2)14-21(17)22/h3-12,14-15H,13H2,1-2H3,(H,28,31)(H,29,30). The number of ether oxygens (including phenoxy) is 1. The van der Waals surface area contributed by atoms with Gasteiger partial charge >= 0.3 is 0 Å². The minimum Gasteiger partial charge on any atom is -0.497 e. The van der Waals surface area contributed by atoms with E-state index in [1.165, 1.54) is 0 Å². The number of anilines is 2. The average molecular weight is 454 g/mol. The van der Waals surface area contributed by atoms with Crippen LogP contribution in [-0.4, -0.2) is 18.9 Å². The lowest BCUT2D eigenvalue weighted by Crippen LogP contribution is -2.18. The molecule has 3 aromatic carbocycles. The number of amides is 2. The zero-order valence-electron chi connectivity index (χ0n) is 18.7. The van der Waals surface area contributed by atoms with Crippen molar-refractivity contribution in [1.29, 1.82) is 0 Å². The molecule has 7 nitrogen and oxygen atoms in total. The maximum absolute atomic E-state index is 13.0. The van der Waals surface area contributed by atoms with Crippen molar-refractivity contribution in [3.8, 4) is 5.75 Å². The number of methoxy groups -OCH3 is 1. The van der Waals surface area contributed by atoms with Gasteiger partial charge in [0.25, 0.3) is 5.91 Å². The number of carbonyl (C=O) groups excluding carboxylic acids is 2. The highest BCUT2D eigenvalue weighted by Crippen LogP contribution is 2.32. The van der Waals surface area contributed by atoms with Crippen molar-refractivity contribution in [3.63, 3.8) is 0 Å². The van der Waals surface area contributed by atoms with Gasteiger partial charge in [0.05, 0.1) is 19.8 Å². The molecule has 0 aliphatic heterocycles. The number of benzene rings is 3. The van der Waals surface area contributed by atoms with Crippen molar-refractivity contribution in [1.82, 2.24) is 0 Å². The molecular weight excluding hydrogens is 432 g/mol. The van der Waals surface area contributed by atoms with Crippen LogP contribution in [0.15, 0.2) is 81.8 Å². The lowest BCUT2D eigenvalue weighted by Gasteiger charge is -2.08. The second-order valence-corrected chi connectivity index (χ2v) is 7.97. The van der Waals surface area contributed by atoms with Crippen LogP contribution in [0.2, 0.25) is 0 Å². The molecule has 7 heteroatoms. The highest BCUT2D eigenvalue weighted by atomic mass is 16.5. The van der Waals surface area contributed by atoms with E-state index in [4.69, 9.17) is 13.6 Å². The van der Waals surface area contributed by atoms with Gasteiger partial charge in [-0.2, -0.15) is 0 Å². The Morgan fingerprint density at radius 3 is 2.50 bits per heavy atom. The van der Waals surface area contributed by atoms with Gasteiger partial charge in [0.15, 0.2) is 0 Å². The Morgan fingerprint density at radius 2 is 1.71 bits per heavy atom. The number of aryl methyl sites for hydroxylation is 1. The molecule has 0 saturated heterocycles. The zero-order chi connectivity index (χ0) is 23.7. The smallest absolute Gasteiger partial charge is 0.293 e. The van der Waals surface area contributed by atoms with E-state index in [0.29, 0.717) is 39.2 Å². The Morgan fingerprint density at radius 1 is 0.912 bits per heavy atom. The summed E-state index contributed by atoms with van der Waals surface area (Å²) >= 11 is 0. The molecular formula is C27H22N2O5. The first-order valence-corrected chi connectivity index (χ1v) is 10.8. The third-order valence-corrected chi connectivity index (χ3v) is 5.59. The van der Waals surface area contributed by atoms with E-state index >= 15 is 0 Å². The summed E-state index contributed by atoms with van der Waals surface area (Å²) in [6.45, 7) is 1.97. The molecule has 0 spiro atoms. The molecule has 2 N–H and O–H groups in total. The van der Waals surface area contributed by atoms with Gasteiger partial charge in [-0.15, -0.1) is 0 Å². The number of para-hydroxylation sites is 1. The SMILES string of the molecule is COc1ccc2occ(CC(=O)Nc3c(C(=O)Nc4ccc(C)cc4)oc4ccccc34)c2c1.